The van der Waals surface area contributed by atoms with Gasteiger partial charge in [-0.15, -0.1) is 0 Å². The zero-order valence-corrected chi connectivity index (χ0v) is 13.4. The van der Waals surface area contributed by atoms with E-state index in [-0.39, 0.29) is 5.91 Å². The van der Waals surface area contributed by atoms with Crippen LogP contribution in [0.2, 0.25) is 0 Å². The molecule has 22 heavy (non-hydrogen) atoms. The molecule has 2 aromatic rings. The molecule has 0 unspecified atom stereocenters. The van der Waals surface area contributed by atoms with E-state index in [1.54, 1.807) is 12.1 Å². The Morgan fingerprint density at radius 3 is 2.27 bits per heavy atom. The summed E-state index contributed by atoms with van der Waals surface area (Å²) in [7, 11) is 0. The molecule has 0 aliphatic rings. The summed E-state index contributed by atoms with van der Waals surface area (Å²) in [5.74, 6) is 1.21. The quantitative estimate of drug-likeness (QED) is 0.876. The van der Waals surface area contributed by atoms with Crippen LogP contribution in [0.15, 0.2) is 48.5 Å². The number of amides is 1. The number of benzene rings is 2. The van der Waals surface area contributed by atoms with Crippen molar-refractivity contribution in [2.75, 3.05) is 6.61 Å². The first-order valence-corrected chi connectivity index (χ1v) is 7.61. The fourth-order valence-electron chi connectivity index (χ4n) is 1.96. The van der Waals surface area contributed by atoms with E-state index in [4.69, 9.17) is 4.74 Å². The SMILES string of the molecule is Cc1ccc(CNC(=O)c2ccc(OCC(C)C)cc2)cc1. The van der Waals surface area contributed by atoms with Crippen molar-refractivity contribution in [1.82, 2.24) is 5.32 Å². The van der Waals surface area contributed by atoms with Crippen molar-refractivity contribution in [1.29, 1.82) is 0 Å². The van der Waals surface area contributed by atoms with Gasteiger partial charge in [0.15, 0.2) is 0 Å². The molecule has 0 aromatic heterocycles. The third kappa shape index (κ3) is 4.92. The molecule has 0 heterocycles. The van der Waals surface area contributed by atoms with Gasteiger partial charge in [-0.3, -0.25) is 4.79 Å². The molecule has 1 amide bonds. The molecule has 2 aromatic carbocycles. The Hall–Kier alpha value is -2.29. The number of nitrogens with one attached hydrogen (secondary N) is 1. The van der Waals surface area contributed by atoms with Gasteiger partial charge in [0.05, 0.1) is 6.61 Å². The highest BCUT2D eigenvalue weighted by Gasteiger charge is 2.06. The zero-order chi connectivity index (χ0) is 15.9. The predicted molar refractivity (Wildman–Crippen MR) is 89.1 cm³/mol. The first-order valence-electron chi connectivity index (χ1n) is 7.61. The molecular weight excluding hydrogens is 274 g/mol. The van der Waals surface area contributed by atoms with Crippen molar-refractivity contribution in [3.8, 4) is 5.75 Å². The van der Waals surface area contributed by atoms with E-state index in [1.165, 1.54) is 5.56 Å². The van der Waals surface area contributed by atoms with Crippen molar-refractivity contribution >= 4 is 5.91 Å². The second-order valence-corrected chi connectivity index (χ2v) is 5.90. The van der Waals surface area contributed by atoms with E-state index in [1.807, 2.05) is 43.3 Å². The molecule has 116 valence electrons. The fraction of sp³-hybridized carbons (Fsp3) is 0.316. The van der Waals surface area contributed by atoms with Gasteiger partial charge < -0.3 is 10.1 Å². The van der Waals surface area contributed by atoms with Crippen LogP contribution in [-0.4, -0.2) is 12.5 Å². The lowest BCUT2D eigenvalue weighted by Crippen LogP contribution is -2.22. The molecule has 0 spiro atoms. The molecule has 0 fully saturated rings. The summed E-state index contributed by atoms with van der Waals surface area (Å²) < 4.78 is 5.61. The van der Waals surface area contributed by atoms with Crippen LogP contribution in [0.5, 0.6) is 5.75 Å². The number of hydrogen-bond acceptors (Lipinski definition) is 2. The Morgan fingerprint density at radius 2 is 1.68 bits per heavy atom. The van der Waals surface area contributed by atoms with Gasteiger partial charge in [0, 0.05) is 12.1 Å². The minimum Gasteiger partial charge on any atom is -0.493 e. The Kier molecular flexibility index (Phi) is 5.59. The van der Waals surface area contributed by atoms with E-state index < -0.39 is 0 Å². The molecule has 2 rings (SSSR count). The highest BCUT2D eigenvalue weighted by Crippen LogP contribution is 2.13. The van der Waals surface area contributed by atoms with Gasteiger partial charge in [0.2, 0.25) is 0 Å². The normalized spacial score (nSPS) is 10.5. The van der Waals surface area contributed by atoms with Crippen LogP contribution in [0.4, 0.5) is 0 Å². The first-order chi connectivity index (χ1) is 10.5. The van der Waals surface area contributed by atoms with Gasteiger partial charge in [-0.05, 0) is 42.7 Å². The summed E-state index contributed by atoms with van der Waals surface area (Å²) in [5, 5.41) is 2.92. The maximum Gasteiger partial charge on any atom is 0.251 e. The summed E-state index contributed by atoms with van der Waals surface area (Å²) in [6.07, 6.45) is 0. The maximum absolute atomic E-state index is 12.1. The van der Waals surface area contributed by atoms with E-state index in [9.17, 15) is 4.79 Å². The van der Waals surface area contributed by atoms with Crippen molar-refractivity contribution in [2.24, 2.45) is 5.92 Å². The topological polar surface area (TPSA) is 38.3 Å². The van der Waals surface area contributed by atoms with Gasteiger partial charge in [-0.2, -0.15) is 0 Å². The zero-order valence-electron chi connectivity index (χ0n) is 13.4. The predicted octanol–water partition coefficient (Wildman–Crippen LogP) is 3.96. The van der Waals surface area contributed by atoms with Crippen LogP contribution in [0, 0.1) is 12.8 Å². The summed E-state index contributed by atoms with van der Waals surface area (Å²) in [4.78, 5) is 12.1. The first kappa shape index (κ1) is 16.1. The van der Waals surface area contributed by atoms with Crippen LogP contribution in [-0.2, 0) is 6.54 Å². The lowest BCUT2D eigenvalue weighted by Gasteiger charge is -2.09. The number of carbonyl (C=O) groups is 1. The lowest BCUT2D eigenvalue weighted by molar-refractivity contribution is 0.0951. The van der Waals surface area contributed by atoms with Gasteiger partial charge >= 0.3 is 0 Å². The number of carbonyl (C=O) groups excluding carboxylic acids is 1. The lowest BCUT2D eigenvalue weighted by atomic mass is 10.1. The summed E-state index contributed by atoms with van der Waals surface area (Å²) in [6.45, 7) is 7.47. The Balaban J connectivity index is 1.88. The van der Waals surface area contributed by atoms with Crippen LogP contribution in [0.3, 0.4) is 0 Å². The maximum atomic E-state index is 12.1. The minimum atomic E-state index is -0.0732. The van der Waals surface area contributed by atoms with Gasteiger partial charge in [-0.1, -0.05) is 43.7 Å². The molecule has 3 nitrogen and oxygen atoms in total. The van der Waals surface area contributed by atoms with Gasteiger partial charge in [-0.25, -0.2) is 0 Å². The van der Waals surface area contributed by atoms with Crippen molar-refractivity contribution in [3.63, 3.8) is 0 Å². The molecule has 1 N–H and O–H groups in total. The van der Waals surface area contributed by atoms with Gasteiger partial charge in [0.1, 0.15) is 5.75 Å². The molecule has 0 saturated carbocycles. The monoisotopic (exact) mass is 297 g/mol. The van der Waals surface area contributed by atoms with Crippen LogP contribution >= 0.6 is 0 Å². The summed E-state index contributed by atoms with van der Waals surface area (Å²) >= 11 is 0. The van der Waals surface area contributed by atoms with Crippen LogP contribution in [0.1, 0.15) is 35.3 Å². The number of ether oxygens (including phenoxy) is 1. The fourth-order valence-corrected chi connectivity index (χ4v) is 1.96. The smallest absolute Gasteiger partial charge is 0.251 e. The van der Waals surface area contributed by atoms with Crippen molar-refractivity contribution in [3.05, 3.63) is 65.2 Å². The molecule has 0 aliphatic carbocycles. The number of rotatable bonds is 6. The number of hydrogen-bond donors (Lipinski definition) is 1. The Morgan fingerprint density at radius 1 is 1.05 bits per heavy atom. The highest BCUT2D eigenvalue weighted by atomic mass is 16.5. The largest absolute Gasteiger partial charge is 0.493 e. The van der Waals surface area contributed by atoms with E-state index in [0.717, 1.165) is 11.3 Å². The Labute approximate surface area is 132 Å². The third-order valence-electron chi connectivity index (χ3n) is 3.27. The molecule has 0 atom stereocenters. The van der Waals surface area contributed by atoms with Crippen molar-refractivity contribution < 1.29 is 9.53 Å². The highest BCUT2D eigenvalue weighted by molar-refractivity contribution is 5.94. The number of aryl methyl sites for hydroxylation is 1. The molecule has 0 bridgehead atoms. The molecule has 0 aliphatic heterocycles. The van der Waals surface area contributed by atoms with E-state index in [2.05, 4.69) is 19.2 Å². The molecule has 3 heteroatoms. The standard InChI is InChI=1S/C19H23NO2/c1-14(2)13-22-18-10-8-17(9-11-18)19(21)20-12-16-6-4-15(3)5-7-16/h4-11,14H,12-13H2,1-3H3,(H,20,21). The molecule has 0 radical (unpaired) electrons. The van der Waals surface area contributed by atoms with E-state index in [0.29, 0.717) is 24.6 Å². The van der Waals surface area contributed by atoms with Crippen LogP contribution < -0.4 is 10.1 Å². The van der Waals surface area contributed by atoms with E-state index >= 15 is 0 Å². The second-order valence-electron chi connectivity index (χ2n) is 5.90. The second kappa shape index (κ2) is 7.64. The Bertz CT molecular complexity index is 600. The van der Waals surface area contributed by atoms with Crippen molar-refractivity contribution in [2.45, 2.75) is 27.3 Å². The summed E-state index contributed by atoms with van der Waals surface area (Å²) in [5.41, 5.74) is 2.95. The minimum absolute atomic E-state index is 0.0732. The molecular formula is C19H23NO2. The average molecular weight is 297 g/mol. The van der Waals surface area contributed by atoms with Crippen LogP contribution in [0.25, 0.3) is 0 Å². The molecule has 0 saturated heterocycles. The third-order valence-corrected chi connectivity index (χ3v) is 3.27. The average Bonchev–Trinajstić information content (AvgIpc) is 2.52. The van der Waals surface area contributed by atoms with Gasteiger partial charge in [0.25, 0.3) is 5.91 Å². The summed E-state index contributed by atoms with van der Waals surface area (Å²) in [6, 6.07) is 15.4.